The number of fused-ring (bicyclic) bond motifs is 2. The molecule has 176 valence electrons. The lowest BCUT2D eigenvalue weighted by Crippen LogP contribution is -2.40. The molecule has 2 fully saturated rings. The Labute approximate surface area is 199 Å². The number of nitrogens with zero attached hydrogens (tertiary/aromatic N) is 7. The van der Waals surface area contributed by atoms with Crippen molar-refractivity contribution in [3.63, 3.8) is 0 Å². The van der Waals surface area contributed by atoms with Gasteiger partial charge in [-0.2, -0.15) is 5.10 Å². The van der Waals surface area contributed by atoms with Gasteiger partial charge in [0.2, 0.25) is 11.5 Å². The number of likely N-dealkylation sites (tertiary alicyclic amines) is 1. The van der Waals surface area contributed by atoms with Crippen LogP contribution in [-0.2, 0) is 23.4 Å². The molecule has 0 bridgehead atoms. The van der Waals surface area contributed by atoms with Gasteiger partial charge in [0.1, 0.15) is 5.69 Å². The third-order valence-electron chi connectivity index (χ3n) is 7.23. The van der Waals surface area contributed by atoms with E-state index < -0.39 is 5.60 Å². The second kappa shape index (κ2) is 7.19. The molecule has 1 amide bonds. The summed E-state index contributed by atoms with van der Waals surface area (Å²) in [6.45, 7) is 0.932. The molecule has 11 nitrogen and oxygen atoms in total. The summed E-state index contributed by atoms with van der Waals surface area (Å²) in [5, 5.41) is 22.9. The fraction of sp³-hybridized carbons (Fsp3) is 0.333. The molecule has 7 rings (SSSR count). The van der Waals surface area contributed by atoms with Gasteiger partial charge in [-0.25, -0.2) is 15.0 Å². The van der Waals surface area contributed by atoms with E-state index in [1.165, 1.54) is 0 Å². The first kappa shape index (κ1) is 20.3. The maximum absolute atomic E-state index is 12.6. The molecule has 0 radical (unpaired) electrons. The Morgan fingerprint density at radius 3 is 2.83 bits per heavy atom. The van der Waals surface area contributed by atoms with Crippen LogP contribution in [0.3, 0.4) is 0 Å². The number of hydrogen-bond donors (Lipinski definition) is 2. The molecule has 1 saturated carbocycles. The predicted octanol–water partition coefficient (Wildman–Crippen LogP) is 2.13. The molecule has 1 saturated heterocycles. The second-order valence-electron chi connectivity index (χ2n) is 9.30. The van der Waals surface area contributed by atoms with Crippen molar-refractivity contribution in [1.82, 2.24) is 34.8 Å². The Bertz CT molecular complexity index is 1480. The third kappa shape index (κ3) is 3.01. The Morgan fingerprint density at radius 1 is 1.17 bits per heavy atom. The molecular weight excluding hydrogens is 448 g/mol. The zero-order chi connectivity index (χ0) is 23.7. The first-order valence-electron chi connectivity index (χ1n) is 11.6. The Morgan fingerprint density at radius 2 is 2.00 bits per heavy atom. The summed E-state index contributed by atoms with van der Waals surface area (Å²) in [6.07, 6.45) is 6.30. The van der Waals surface area contributed by atoms with Crippen LogP contribution in [-0.4, -0.2) is 58.9 Å². The van der Waals surface area contributed by atoms with Gasteiger partial charge in [-0.05, 0) is 37.5 Å². The smallest absolute Gasteiger partial charge is 0.262 e. The number of piperidine rings is 1. The van der Waals surface area contributed by atoms with Crippen LogP contribution in [0.1, 0.15) is 24.3 Å². The molecule has 2 aliphatic heterocycles. The molecule has 3 aliphatic rings. The number of aromatic nitrogens is 6. The zero-order valence-electron chi connectivity index (χ0n) is 18.9. The molecule has 4 aromatic heterocycles. The normalized spacial score (nSPS) is 24.5. The van der Waals surface area contributed by atoms with E-state index >= 15 is 0 Å². The van der Waals surface area contributed by atoms with Crippen LogP contribution < -0.4 is 5.32 Å². The molecule has 3 unspecified atom stereocenters. The van der Waals surface area contributed by atoms with Crippen LogP contribution >= 0.6 is 0 Å². The molecule has 35 heavy (non-hydrogen) atoms. The first-order chi connectivity index (χ1) is 17.0. The second-order valence-corrected chi connectivity index (χ2v) is 9.30. The fourth-order valence-electron chi connectivity index (χ4n) is 5.27. The van der Waals surface area contributed by atoms with Gasteiger partial charge in [0.25, 0.3) is 5.91 Å². The number of nitrogens with one attached hydrogen (secondary N) is 1. The van der Waals surface area contributed by atoms with Gasteiger partial charge in [-0.15, -0.1) is 0 Å². The number of amides is 1. The van der Waals surface area contributed by atoms with E-state index in [1.54, 1.807) is 42.5 Å². The molecule has 0 spiro atoms. The molecule has 3 atom stereocenters. The van der Waals surface area contributed by atoms with Crippen molar-refractivity contribution in [2.75, 3.05) is 12.4 Å². The van der Waals surface area contributed by atoms with Gasteiger partial charge in [-0.1, -0.05) is 11.2 Å². The molecule has 4 aromatic rings. The molecule has 6 heterocycles. The van der Waals surface area contributed by atoms with Gasteiger partial charge in [0.15, 0.2) is 5.76 Å². The summed E-state index contributed by atoms with van der Waals surface area (Å²) in [6, 6.07) is 8.96. The molecule has 2 N–H and O–H groups in total. The molecule has 11 heteroatoms. The number of carbonyl (C=O) groups is 1. The number of rotatable bonds is 5. The highest BCUT2D eigenvalue weighted by molar-refractivity contribution is 5.90. The Hall–Kier alpha value is -4.12. The number of pyridine rings is 1. The minimum atomic E-state index is -1.66. The van der Waals surface area contributed by atoms with Crippen LogP contribution in [0.15, 0.2) is 47.2 Å². The van der Waals surface area contributed by atoms with E-state index in [1.807, 2.05) is 16.8 Å². The molecular formula is C24H22N8O3. The summed E-state index contributed by atoms with van der Waals surface area (Å²) in [5.74, 6) is 0.104. The Kier molecular flexibility index (Phi) is 4.16. The fourth-order valence-corrected chi connectivity index (χ4v) is 5.27. The van der Waals surface area contributed by atoms with Gasteiger partial charge in [0, 0.05) is 37.8 Å². The molecule has 1 aliphatic carbocycles. The topological polar surface area (TPSA) is 135 Å². The zero-order valence-corrected chi connectivity index (χ0v) is 18.9. The van der Waals surface area contributed by atoms with Crippen LogP contribution in [0.25, 0.3) is 22.8 Å². The quantitative estimate of drug-likeness (QED) is 0.450. The van der Waals surface area contributed by atoms with Crippen molar-refractivity contribution in [2.24, 2.45) is 5.92 Å². The monoisotopic (exact) mass is 470 g/mol. The number of hydrogen-bond acceptors (Lipinski definition) is 9. The van der Waals surface area contributed by atoms with Gasteiger partial charge in [0.05, 0.1) is 34.7 Å². The van der Waals surface area contributed by atoms with Crippen molar-refractivity contribution in [3.05, 3.63) is 54.2 Å². The summed E-state index contributed by atoms with van der Waals surface area (Å²) in [7, 11) is 1.71. The van der Waals surface area contributed by atoms with Crippen LogP contribution in [0, 0.1) is 5.92 Å². The number of aryl methyl sites for hydroxylation is 1. The summed E-state index contributed by atoms with van der Waals surface area (Å²) in [5.41, 5.74) is 2.68. The van der Waals surface area contributed by atoms with Crippen LogP contribution in [0.5, 0.6) is 0 Å². The van der Waals surface area contributed by atoms with Gasteiger partial charge < -0.3 is 19.8 Å². The van der Waals surface area contributed by atoms with Crippen LogP contribution in [0.4, 0.5) is 11.6 Å². The highest BCUT2D eigenvalue weighted by atomic mass is 16.5. The highest BCUT2D eigenvalue weighted by Crippen LogP contribution is 2.55. The summed E-state index contributed by atoms with van der Waals surface area (Å²) < 4.78 is 7.45. The van der Waals surface area contributed by atoms with E-state index in [9.17, 15) is 9.90 Å². The average molecular weight is 470 g/mol. The van der Waals surface area contributed by atoms with E-state index in [2.05, 4.69) is 25.5 Å². The third-order valence-corrected chi connectivity index (χ3v) is 7.23. The van der Waals surface area contributed by atoms with E-state index in [0.717, 1.165) is 37.2 Å². The maximum atomic E-state index is 12.6. The predicted molar refractivity (Wildman–Crippen MR) is 123 cm³/mol. The van der Waals surface area contributed by atoms with Crippen molar-refractivity contribution in [3.8, 4) is 22.8 Å². The number of carbonyl (C=O) groups excluding carboxylic acids is 1. The summed E-state index contributed by atoms with van der Waals surface area (Å²) >= 11 is 0. The largest absolute Gasteiger partial charge is 0.373 e. The van der Waals surface area contributed by atoms with E-state index in [0.29, 0.717) is 28.7 Å². The number of aliphatic hydroxyl groups is 1. The van der Waals surface area contributed by atoms with E-state index in [4.69, 9.17) is 9.51 Å². The van der Waals surface area contributed by atoms with E-state index in [-0.39, 0.29) is 23.6 Å². The summed E-state index contributed by atoms with van der Waals surface area (Å²) in [4.78, 5) is 27.9. The standard InChI is InChI=1S/C24H22N8O3/c1-31-20-10-13(20)24(34,22(31)33)21-11-17(30-35-21)15-5-2-4-14(27-15)16-7-8-25-23(28-16)29-18-12-26-32-9-3-6-19(18)32/h2,4-5,7-8,11-13,20,34H,3,6,9-10H2,1H3,(H,25,28,29). The van der Waals surface area contributed by atoms with Crippen molar-refractivity contribution < 1.29 is 14.4 Å². The van der Waals surface area contributed by atoms with Crippen molar-refractivity contribution >= 4 is 17.5 Å². The minimum absolute atomic E-state index is 0.0619. The average Bonchev–Trinajstić information content (AvgIpc) is 3.19. The Balaban J connectivity index is 1.17. The highest BCUT2D eigenvalue weighted by Gasteiger charge is 2.68. The van der Waals surface area contributed by atoms with Crippen molar-refractivity contribution in [2.45, 2.75) is 37.5 Å². The maximum Gasteiger partial charge on any atom is 0.262 e. The lowest BCUT2D eigenvalue weighted by atomic mass is 9.95. The lowest BCUT2D eigenvalue weighted by Gasteiger charge is -2.21. The number of likely N-dealkylation sites (N-methyl/N-ethyl adjacent to an activating group) is 1. The first-order valence-corrected chi connectivity index (χ1v) is 11.6. The number of anilines is 2. The van der Waals surface area contributed by atoms with Crippen molar-refractivity contribution in [1.29, 1.82) is 0 Å². The van der Waals surface area contributed by atoms with Gasteiger partial charge in [-0.3, -0.25) is 9.48 Å². The van der Waals surface area contributed by atoms with Gasteiger partial charge >= 0.3 is 0 Å². The van der Waals surface area contributed by atoms with Crippen LogP contribution in [0.2, 0.25) is 0 Å². The molecule has 0 aromatic carbocycles. The SMILES string of the molecule is CN1C(=O)C(O)(c2cc(-c3cccc(-c4ccnc(Nc5cnn6c5CCC6)n4)n3)no2)C2CC21. The lowest BCUT2D eigenvalue weighted by molar-refractivity contribution is -0.149. The minimum Gasteiger partial charge on any atom is -0.373 e.